The third-order valence-corrected chi connectivity index (χ3v) is 3.51. The van der Waals surface area contributed by atoms with E-state index in [9.17, 15) is 35.2 Å². The van der Waals surface area contributed by atoms with Crippen LogP contribution in [0, 0.1) is 17.6 Å². The van der Waals surface area contributed by atoms with E-state index in [4.69, 9.17) is 0 Å². The molecule has 10 heteroatoms. The van der Waals surface area contributed by atoms with Gasteiger partial charge in [0.2, 0.25) is 0 Å². The van der Waals surface area contributed by atoms with Crippen LogP contribution in [0.5, 0.6) is 0 Å². The minimum atomic E-state index is -5.87. The molecule has 4 nitrogen and oxygen atoms in total. The Bertz CT molecular complexity index is 667. The van der Waals surface area contributed by atoms with E-state index >= 15 is 0 Å². The minimum absolute atomic E-state index is 0.463. The summed E-state index contributed by atoms with van der Waals surface area (Å²) in [5, 5.41) is 0. The van der Waals surface area contributed by atoms with E-state index in [0.29, 0.717) is 12.1 Å². The first-order valence-electron chi connectivity index (χ1n) is 5.49. The average molecular weight is 331 g/mol. The van der Waals surface area contributed by atoms with Gasteiger partial charge in [-0.15, -0.1) is 0 Å². The summed E-state index contributed by atoms with van der Waals surface area (Å²) in [6.07, 6.45) is 0. The van der Waals surface area contributed by atoms with Gasteiger partial charge < -0.3 is 0 Å². The number of anilines is 1. The van der Waals surface area contributed by atoms with Crippen LogP contribution in [0.2, 0.25) is 0 Å². The maximum Gasteiger partial charge on any atom is 0.516 e. The van der Waals surface area contributed by atoms with Crippen molar-refractivity contribution in [2.75, 3.05) is 4.72 Å². The Labute approximate surface area is 117 Å². The van der Waals surface area contributed by atoms with Gasteiger partial charge in [0.25, 0.3) is 0 Å². The van der Waals surface area contributed by atoms with Crippen molar-refractivity contribution in [2.45, 2.75) is 19.4 Å². The number of hydrogen-bond donors (Lipinski definition) is 1. The van der Waals surface area contributed by atoms with Gasteiger partial charge in [0.15, 0.2) is 11.6 Å². The molecule has 0 saturated carbocycles. The van der Waals surface area contributed by atoms with Crippen LogP contribution in [0.1, 0.15) is 24.2 Å². The Balaban J connectivity index is 3.37. The molecular weight excluding hydrogens is 321 g/mol. The molecule has 0 amide bonds. The number of carbonyl (C=O) groups excluding carboxylic acids is 1. The van der Waals surface area contributed by atoms with Crippen LogP contribution < -0.4 is 4.72 Å². The summed E-state index contributed by atoms with van der Waals surface area (Å²) in [4.78, 5) is 11.6. The number of benzene rings is 1. The number of ketones is 1. The van der Waals surface area contributed by atoms with Crippen molar-refractivity contribution < 1.29 is 35.2 Å². The quantitative estimate of drug-likeness (QED) is 0.681. The van der Waals surface area contributed by atoms with Crippen LogP contribution in [0.15, 0.2) is 12.1 Å². The van der Waals surface area contributed by atoms with Gasteiger partial charge >= 0.3 is 15.5 Å². The third-order valence-electron chi connectivity index (χ3n) is 2.41. The molecule has 1 aromatic carbocycles. The lowest BCUT2D eigenvalue weighted by Gasteiger charge is -2.14. The fourth-order valence-electron chi connectivity index (χ4n) is 1.35. The minimum Gasteiger partial charge on any atom is -0.294 e. The Hall–Kier alpha value is -1.71. The van der Waals surface area contributed by atoms with Crippen molar-refractivity contribution in [2.24, 2.45) is 5.92 Å². The van der Waals surface area contributed by atoms with E-state index in [1.165, 1.54) is 13.8 Å². The van der Waals surface area contributed by atoms with E-state index in [-0.39, 0.29) is 0 Å². The first-order chi connectivity index (χ1) is 9.38. The Morgan fingerprint density at radius 3 is 2.14 bits per heavy atom. The number of carbonyl (C=O) groups is 1. The maximum absolute atomic E-state index is 13.9. The average Bonchev–Trinajstić information content (AvgIpc) is 2.31. The van der Waals surface area contributed by atoms with E-state index in [2.05, 4.69) is 0 Å². The summed E-state index contributed by atoms with van der Waals surface area (Å²) in [5.41, 5.74) is -7.92. The number of Topliss-reactive ketones (excluding diaryl/α,β-unsaturated/α-hetero) is 1. The fraction of sp³-hybridized carbons (Fsp3) is 0.364. The molecule has 1 aromatic rings. The van der Waals surface area contributed by atoms with Gasteiger partial charge in [-0.3, -0.25) is 9.52 Å². The van der Waals surface area contributed by atoms with Crippen molar-refractivity contribution in [3.8, 4) is 0 Å². The topological polar surface area (TPSA) is 63.2 Å². The predicted octanol–water partition coefficient (Wildman–Crippen LogP) is 3.07. The summed E-state index contributed by atoms with van der Waals surface area (Å²) in [7, 11) is -5.87. The smallest absolute Gasteiger partial charge is 0.294 e. The molecule has 0 unspecified atom stereocenters. The molecule has 0 aliphatic rings. The molecule has 0 aliphatic heterocycles. The Morgan fingerprint density at radius 1 is 1.19 bits per heavy atom. The molecule has 0 atom stereocenters. The number of sulfonamides is 1. The predicted molar refractivity (Wildman–Crippen MR) is 64.1 cm³/mol. The molecule has 0 radical (unpaired) electrons. The molecular formula is C11H10F5NO3S. The molecule has 0 bridgehead atoms. The van der Waals surface area contributed by atoms with Crippen molar-refractivity contribution in [1.82, 2.24) is 0 Å². The largest absolute Gasteiger partial charge is 0.516 e. The number of rotatable bonds is 4. The molecule has 0 heterocycles. The molecule has 1 rings (SSSR count). The molecule has 118 valence electrons. The summed E-state index contributed by atoms with van der Waals surface area (Å²) < 4.78 is 86.7. The van der Waals surface area contributed by atoms with Gasteiger partial charge in [-0.05, 0) is 12.1 Å². The molecule has 21 heavy (non-hydrogen) atoms. The molecule has 0 saturated heterocycles. The summed E-state index contributed by atoms with van der Waals surface area (Å²) >= 11 is 0. The van der Waals surface area contributed by atoms with E-state index < -0.39 is 50.1 Å². The molecule has 0 spiro atoms. The van der Waals surface area contributed by atoms with Crippen molar-refractivity contribution in [1.29, 1.82) is 0 Å². The first-order valence-corrected chi connectivity index (χ1v) is 6.98. The standard InChI is InChI=1S/C11H10F5NO3S/c1-5(2)10(18)8-6(12)3-4-7(9(8)13)17-21(19,20)11(14,15)16/h3-5,17H,1-2H3. The number of hydrogen-bond acceptors (Lipinski definition) is 3. The van der Waals surface area contributed by atoms with Gasteiger partial charge in [-0.25, -0.2) is 8.78 Å². The zero-order valence-corrected chi connectivity index (χ0v) is 11.6. The highest BCUT2D eigenvalue weighted by atomic mass is 32.2. The Morgan fingerprint density at radius 2 is 1.71 bits per heavy atom. The second kappa shape index (κ2) is 5.58. The van der Waals surface area contributed by atoms with Crippen LogP contribution in [0.3, 0.4) is 0 Å². The van der Waals surface area contributed by atoms with Gasteiger partial charge in [0.1, 0.15) is 5.82 Å². The van der Waals surface area contributed by atoms with Gasteiger partial charge in [-0.2, -0.15) is 21.6 Å². The van der Waals surface area contributed by atoms with E-state index in [0.717, 1.165) is 4.72 Å². The highest BCUT2D eigenvalue weighted by Gasteiger charge is 2.46. The van der Waals surface area contributed by atoms with Crippen LogP contribution in [-0.4, -0.2) is 19.7 Å². The lowest BCUT2D eigenvalue weighted by atomic mass is 9.99. The summed E-state index contributed by atoms with van der Waals surface area (Å²) in [5.74, 6) is -4.82. The Kier molecular flexibility index (Phi) is 4.61. The van der Waals surface area contributed by atoms with Crippen molar-refractivity contribution >= 4 is 21.5 Å². The van der Waals surface area contributed by atoms with E-state index in [1.54, 1.807) is 0 Å². The zero-order chi connectivity index (χ0) is 16.6. The number of nitrogens with one attached hydrogen (secondary N) is 1. The normalized spacial score (nSPS) is 12.6. The van der Waals surface area contributed by atoms with Crippen LogP contribution in [0.4, 0.5) is 27.6 Å². The monoisotopic (exact) mass is 331 g/mol. The summed E-state index contributed by atoms with van der Waals surface area (Å²) in [6, 6.07) is 0.970. The van der Waals surface area contributed by atoms with Gasteiger partial charge in [0, 0.05) is 5.92 Å². The highest BCUT2D eigenvalue weighted by Crippen LogP contribution is 2.29. The second-order valence-corrected chi connectivity index (χ2v) is 6.03. The zero-order valence-electron chi connectivity index (χ0n) is 10.8. The SMILES string of the molecule is CC(C)C(=O)c1c(F)ccc(NS(=O)(=O)C(F)(F)F)c1F. The van der Waals surface area contributed by atoms with Gasteiger partial charge in [-0.1, -0.05) is 13.8 Å². The molecule has 0 aromatic heterocycles. The number of halogens is 5. The van der Waals surface area contributed by atoms with Crippen LogP contribution in [-0.2, 0) is 10.0 Å². The number of alkyl halides is 3. The van der Waals surface area contributed by atoms with Crippen LogP contribution >= 0.6 is 0 Å². The van der Waals surface area contributed by atoms with Crippen molar-refractivity contribution in [3.05, 3.63) is 29.3 Å². The van der Waals surface area contributed by atoms with Crippen LogP contribution in [0.25, 0.3) is 0 Å². The highest BCUT2D eigenvalue weighted by molar-refractivity contribution is 7.93. The first kappa shape index (κ1) is 17.3. The second-order valence-electron chi connectivity index (χ2n) is 4.35. The van der Waals surface area contributed by atoms with E-state index in [1.807, 2.05) is 0 Å². The lowest BCUT2D eigenvalue weighted by Crippen LogP contribution is -2.30. The fourth-order valence-corrected chi connectivity index (χ4v) is 1.91. The summed E-state index contributed by atoms with van der Waals surface area (Å²) in [6.45, 7) is 2.65. The lowest BCUT2D eigenvalue weighted by molar-refractivity contribution is -0.0429. The molecule has 0 fully saturated rings. The third kappa shape index (κ3) is 3.49. The van der Waals surface area contributed by atoms with Crippen molar-refractivity contribution in [3.63, 3.8) is 0 Å². The molecule has 0 aliphatic carbocycles. The van der Waals surface area contributed by atoms with Gasteiger partial charge in [0.05, 0.1) is 11.3 Å². The molecule has 1 N–H and O–H groups in total. The maximum atomic E-state index is 13.9.